The van der Waals surface area contributed by atoms with Gasteiger partial charge in [0.2, 0.25) is 0 Å². The van der Waals surface area contributed by atoms with E-state index < -0.39 is 0 Å². The van der Waals surface area contributed by atoms with Crippen LogP contribution < -0.4 is 5.32 Å². The minimum absolute atomic E-state index is 0.778. The van der Waals surface area contributed by atoms with Crippen molar-refractivity contribution in [3.63, 3.8) is 0 Å². The van der Waals surface area contributed by atoms with Crippen molar-refractivity contribution in [2.45, 2.75) is 13.0 Å². The summed E-state index contributed by atoms with van der Waals surface area (Å²) in [6.07, 6.45) is 5.29. The summed E-state index contributed by atoms with van der Waals surface area (Å²) in [5, 5.41) is 7.62. The normalized spacial score (nSPS) is 23.2. The second kappa shape index (κ2) is 3.74. The molecular formula is C8H12IN3. The zero-order valence-electron chi connectivity index (χ0n) is 6.83. The number of halogens is 1. The molecular weight excluding hydrogens is 265 g/mol. The summed E-state index contributed by atoms with van der Waals surface area (Å²) in [6, 6.07) is 0. The van der Waals surface area contributed by atoms with Gasteiger partial charge in [0.1, 0.15) is 0 Å². The molecule has 0 radical (unpaired) electrons. The fourth-order valence-electron chi connectivity index (χ4n) is 1.57. The molecule has 1 aliphatic rings. The summed E-state index contributed by atoms with van der Waals surface area (Å²) < 4.78 is 3.26. The highest BCUT2D eigenvalue weighted by atomic mass is 127. The monoisotopic (exact) mass is 277 g/mol. The summed E-state index contributed by atoms with van der Waals surface area (Å²) in [4.78, 5) is 0. The van der Waals surface area contributed by atoms with Crippen LogP contribution >= 0.6 is 22.6 Å². The van der Waals surface area contributed by atoms with Crippen LogP contribution in [0.4, 0.5) is 0 Å². The van der Waals surface area contributed by atoms with Crippen molar-refractivity contribution in [1.82, 2.24) is 15.1 Å². The standard InChI is InChI=1S/C8H12IN3/c9-8-4-11-12(6-8)5-7-1-2-10-3-7/h4,6-7,10H,1-3,5H2. The van der Waals surface area contributed by atoms with Gasteiger partial charge in [-0.3, -0.25) is 4.68 Å². The lowest BCUT2D eigenvalue weighted by Gasteiger charge is -2.06. The molecule has 1 aromatic rings. The van der Waals surface area contributed by atoms with E-state index in [2.05, 4.69) is 39.2 Å². The fraction of sp³-hybridized carbons (Fsp3) is 0.625. The predicted octanol–water partition coefficient (Wildman–Crippen LogP) is 1.10. The minimum atomic E-state index is 0.778. The smallest absolute Gasteiger partial charge is 0.0623 e. The van der Waals surface area contributed by atoms with Crippen LogP contribution in [0.1, 0.15) is 6.42 Å². The average molecular weight is 277 g/mol. The van der Waals surface area contributed by atoms with Crippen LogP contribution in [0, 0.1) is 9.49 Å². The van der Waals surface area contributed by atoms with E-state index in [-0.39, 0.29) is 0 Å². The molecule has 0 saturated carbocycles. The van der Waals surface area contributed by atoms with Gasteiger partial charge in [0.25, 0.3) is 0 Å². The van der Waals surface area contributed by atoms with E-state index in [9.17, 15) is 0 Å². The first-order valence-corrected chi connectivity index (χ1v) is 5.31. The van der Waals surface area contributed by atoms with Gasteiger partial charge in [-0.05, 0) is 48.0 Å². The molecule has 0 aromatic carbocycles. The average Bonchev–Trinajstić information content (AvgIpc) is 2.63. The van der Waals surface area contributed by atoms with Gasteiger partial charge in [-0.1, -0.05) is 0 Å². The molecule has 12 heavy (non-hydrogen) atoms. The third kappa shape index (κ3) is 1.98. The van der Waals surface area contributed by atoms with Gasteiger partial charge < -0.3 is 5.32 Å². The number of nitrogens with zero attached hydrogens (tertiary/aromatic N) is 2. The highest BCUT2D eigenvalue weighted by Crippen LogP contribution is 2.10. The minimum Gasteiger partial charge on any atom is -0.316 e. The Hall–Kier alpha value is -0.100. The van der Waals surface area contributed by atoms with Gasteiger partial charge in [-0.2, -0.15) is 5.10 Å². The molecule has 1 N–H and O–H groups in total. The van der Waals surface area contributed by atoms with Crippen molar-refractivity contribution in [1.29, 1.82) is 0 Å². The van der Waals surface area contributed by atoms with Crippen LogP contribution in [-0.2, 0) is 6.54 Å². The van der Waals surface area contributed by atoms with E-state index in [1.165, 1.54) is 16.5 Å². The third-order valence-corrected chi connectivity index (χ3v) is 2.77. The van der Waals surface area contributed by atoms with Crippen LogP contribution in [-0.4, -0.2) is 22.9 Å². The maximum Gasteiger partial charge on any atom is 0.0623 e. The molecule has 0 bridgehead atoms. The van der Waals surface area contributed by atoms with E-state index in [1.54, 1.807) is 0 Å². The van der Waals surface area contributed by atoms with Crippen LogP contribution in [0.25, 0.3) is 0 Å². The van der Waals surface area contributed by atoms with Crippen LogP contribution in [0.2, 0.25) is 0 Å². The van der Waals surface area contributed by atoms with Crippen molar-refractivity contribution in [2.75, 3.05) is 13.1 Å². The van der Waals surface area contributed by atoms with Crippen molar-refractivity contribution in [3.05, 3.63) is 16.0 Å². The zero-order valence-corrected chi connectivity index (χ0v) is 8.99. The number of hydrogen-bond donors (Lipinski definition) is 1. The topological polar surface area (TPSA) is 29.9 Å². The third-order valence-electron chi connectivity index (χ3n) is 2.21. The Labute approximate surface area is 85.7 Å². The van der Waals surface area contributed by atoms with Crippen LogP contribution in [0.5, 0.6) is 0 Å². The Balaban J connectivity index is 1.94. The van der Waals surface area contributed by atoms with E-state index >= 15 is 0 Å². The summed E-state index contributed by atoms with van der Waals surface area (Å²) in [5.41, 5.74) is 0. The number of rotatable bonds is 2. The highest BCUT2D eigenvalue weighted by molar-refractivity contribution is 14.1. The number of aromatic nitrogens is 2. The van der Waals surface area contributed by atoms with Crippen molar-refractivity contribution in [3.8, 4) is 0 Å². The van der Waals surface area contributed by atoms with E-state index in [1.807, 2.05) is 10.9 Å². The molecule has 0 amide bonds. The Morgan fingerprint density at radius 3 is 3.25 bits per heavy atom. The Morgan fingerprint density at radius 2 is 2.67 bits per heavy atom. The predicted molar refractivity (Wildman–Crippen MR) is 55.9 cm³/mol. The van der Waals surface area contributed by atoms with Gasteiger partial charge in [-0.15, -0.1) is 0 Å². The molecule has 1 aromatic heterocycles. The lowest BCUT2D eigenvalue weighted by Crippen LogP contribution is -2.14. The molecule has 1 saturated heterocycles. The zero-order chi connectivity index (χ0) is 8.39. The molecule has 4 heteroatoms. The van der Waals surface area contributed by atoms with E-state index in [0.717, 1.165) is 19.0 Å². The quantitative estimate of drug-likeness (QED) is 0.820. The Bertz CT molecular complexity index is 253. The second-order valence-corrected chi connectivity index (χ2v) is 4.49. The van der Waals surface area contributed by atoms with Gasteiger partial charge in [0.05, 0.1) is 9.77 Å². The Kier molecular flexibility index (Phi) is 2.65. The molecule has 1 unspecified atom stereocenters. The molecule has 1 aliphatic heterocycles. The van der Waals surface area contributed by atoms with E-state index in [0.29, 0.717) is 0 Å². The van der Waals surface area contributed by atoms with Gasteiger partial charge in [-0.25, -0.2) is 0 Å². The first kappa shape index (κ1) is 8.50. The van der Waals surface area contributed by atoms with Crippen LogP contribution in [0.15, 0.2) is 12.4 Å². The number of nitrogens with one attached hydrogen (secondary N) is 1. The second-order valence-electron chi connectivity index (χ2n) is 3.24. The maximum atomic E-state index is 4.26. The van der Waals surface area contributed by atoms with Crippen molar-refractivity contribution in [2.24, 2.45) is 5.92 Å². The van der Waals surface area contributed by atoms with Gasteiger partial charge >= 0.3 is 0 Å². The SMILES string of the molecule is Ic1cnn(CC2CCNC2)c1. The summed E-state index contributed by atoms with van der Waals surface area (Å²) >= 11 is 2.29. The Morgan fingerprint density at radius 1 is 1.75 bits per heavy atom. The fourth-order valence-corrected chi connectivity index (χ4v) is 2.02. The molecule has 2 heterocycles. The molecule has 0 aliphatic carbocycles. The largest absolute Gasteiger partial charge is 0.316 e. The molecule has 1 fully saturated rings. The number of hydrogen-bond acceptors (Lipinski definition) is 2. The van der Waals surface area contributed by atoms with Crippen LogP contribution in [0.3, 0.4) is 0 Å². The maximum absolute atomic E-state index is 4.26. The lowest BCUT2D eigenvalue weighted by atomic mass is 10.1. The molecule has 66 valence electrons. The summed E-state index contributed by atoms with van der Waals surface area (Å²) in [7, 11) is 0. The highest BCUT2D eigenvalue weighted by Gasteiger charge is 2.14. The molecule has 0 spiro atoms. The molecule has 2 rings (SSSR count). The van der Waals surface area contributed by atoms with Crippen molar-refractivity contribution < 1.29 is 0 Å². The summed E-state index contributed by atoms with van der Waals surface area (Å²) in [5.74, 6) is 0.778. The molecule has 3 nitrogen and oxygen atoms in total. The molecule has 1 atom stereocenters. The first-order valence-electron chi connectivity index (χ1n) is 4.23. The van der Waals surface area contributed by atoms with E-state index in [4.69, 9.17) is 0 Å². The first-order chi connectivity index (χ1) is 5.84. The van der Waals surface area contributed by atoms with Gasteiger partial charge in [0.15, 0.2) is 0 Å². The van der Waals surface area contributed by atoms with Crippen molar-refractivity contribution >= 4 is 22.6 Å². The lowest BCUT2D eigenvalue weighted by molar-refractivity contribution is 0.449. The summed E-state index contributed by atoms with van der Waals surface area (Å²) in [6.45, 7) is 3.38. The van der Waals surface area contributed by atoms with Gasteiger partial charge in [0, 0.05) is 12.7 Å².